The van der Waals surface area contributed by atoms with Gasteiger partial charge in [-0.25, -0.2) is 0 Å². The van der Waals surface area contributed by atoms with E-state index < -0.39 is 6.04 Å². The number of rotatable bonds is 11. The fraction of sp³-hybridized carbons (Fsp3) is 0.417. The Morgan fingerprint density at radius 1 is 1.06 bits per heavy atom. The lowest BCUT2D eigenvalue weighted by Crippen LogP contribution is -2.49. The minimum Gasteiger partial charge on any atom is -0.493 e. The Hall–Kier alpha value is -2.73. The Morgan fingerprint density at radius 2 is 1.77 bits per heavy atom. The molecular formula is C24H31ClN2O4. The van der Waals surface area contributed by atoms with Crippen LogP contribution in [0.1, 0.15) is 37.8 Å². The molecule has 1 N–H and O–H groups in total. The van der Waals surface area contributed by atoms with Gasteiger partial charge in [-0.05, 0) is 49.1 Å². The van der Waals surface area contributed by atoms with Crippen molar-refractivity contribution in [1.29, 1.82) is 0 Å². The molecule has 0 saturated carbocycles. The molecule has 2 rings (SSSR count). The number of aryl methyl sites for hydroxylation is 1. The number of hydrogen-bond acceptors (Lipinski definition) is 4. The average molecular weight is 447 g/mol. The van der Waals surface area contributed by atoms with Crippen molar-refractivity contribution in [3.63, 3.8) is 0 Å². The molecule has 0 aromatic heterocycles. The molecule has 7 heteroatoms. The van der Waals surface area contributed by atoms with Crippen molar-refractivity contribution >= 4 is 23.4 Å². The van der Waals surface area contributed by atoms with Gasteiger partial charge in [0.2, 0.25) is 11.8 Å². The third-order valence-corrected chi connectivity index (χ3v) is 5.48. The minimum atomic E-state index is -0.561. The zero-order chi connectivity index (χ0) is 22.8. The van der Waals surface area contributed by atoms with Crippen molar-refractivity contribution in [3.05, 3.63) is 58.6 Å². The summed E-state index contributed by atoms with van der Waals surface area (Å²) in [6.07, 6.45) is 1.29. The van der Waals surface area contributed by atoms with Gasteiger partial charge in [-0.15, -0.1) is 0 Å². The first-order valence-corrected chi connectivity index (χ1v) is 10.8. The summed E-state index contributed by atoms with van der Waals surface area (Å²) in [5.74, 6) is 0.999. The predicted octanol–water partition coefficient (Wildman–Crippen LogP) is 4.23. The zero-order valence-electron chi connectivity index (χ0n) is 18.6. The van der Waals surface area contributed by atoms with E-state index in [1.54, 1.807) is 25.2 Å². The van der Waals surface area contributed by atoms with Crippen LogP contribution in [0.4, 0.5) is 0 Å². The average Bonchev–Trinajstić information content (AvgIpc) is 2.78. The predicted molar refractivity (Wildman–Crippen MR) is 123 cm³/mol. The summed E-state index contributed by atoms with van der Waals surface area (Å²) in [7, 11) is 3.16. The quantitative estimate of drug-likeness (QED) is 0.560. The Morgan fingerprint density at radius 3 is 2.39 bits per heavy atom. The SMILES string of the molecule is CCNC(=O)C(CC)N(Cc1ccccc1Cl)C(=O)CCc1ccc(OC)c(OC)c1. The Bertz CT molecular complexity index is 888. The number of hydrogen-bond donors (Lipinski definition) is 1. The van der Waals surface area contributed by atoms with Crippen molar-refractivity contribution in [1.82, 2.24) is 10.2 Å². The van der Waals surface area contributed by atoms with E-state index in [-0.39, 0.29) is 24.8 Å². The van der Waals surface area contributed by atoms with Crippen LogP contribution in [0.15, 0.2) is 42.5 Å². The van der Waals surface area contributed by atoms with Gasteiger partial charge >= 0.3 is 0 Å². The first-order chi connectivity index (χ1) is 14.9. The molecule has 2 amide bonds. The van der Waals surface area contributed by atoms with E-state index in [4.69, 9.17) is 21.1 Å². The van der Waals surface area contributed by atoms with Gasteiger partial charge in [0, 0.05) is 24.5 Å². The second-order valence-corrected chi connectivity index (χ2v) is 7.53. The van der Waals surface area contributed by atoms with Gasteiger partial charge in [0.05, 0.1) is 14.2 Å². The van der Waals surface area contributed by atoms with Gasteiger partial charge in [-0.2, -0.15) is 0 Å². The Balaban J connectivity index is 2.22. The molecule has 1 atom stereocenters. The summed E-state index contributed by atoms with van der Waals surface area (Å²) in [4.78, 5) is 27.6. The second kappa shape index (κ2) is 12.2. The van der Waals surface area contributed by atoms with Crippen LogP contribution in [-0.2, 0) is 22.6 Å². The van der Waals surface area contributed by atoms with Gasteiger partial charge < -0.3 is 19.7 Å². The van der Waals surface area contributed by atoms with Gasteiger partial charge in [-0.1, -0.05) is 42.8 Å². The first-order valence-electron chi connectivity index (χ1n) is 10.5. The standard InChI is InChI=1S/C24H31ClN2O4/c1-5-20(24(29)26-6-2)27(16-18-9-7-8-10-19(18)25)23(28)14-12-17-11-13-21(30-3)22(15-17)31-4/h7-11,13,15,20H,5-6,12,14,16H2,1-4H3,(H,26,29). The van der Waals surface area contributed by atoms with Crippen LogP contribution < -0.4 is 14.8 Å². The highest BCUT2D eigenvalue weighted by atomic mass is 35.5. The summed E-state index contributed by atoms with van der Waals surface area (Å²) >= 11 is 6.33. The van der Waals surface area contributed by atoms with E-state index in [1.807, 2.05) is 50.2 Å². The van der Waals surface area contributed by atoms with Crippen LogP contribution in [-0.4, -0.2) is 43.5 Å². The molecule has 0 aliphatic rings. The van der Waals surface area contributed by atoms with E-state index in [0.717, 1.165) is 11.1 Å². The molecule has 0 spiro atoms. The van der Waals surface area contributed by atoms with Crippen LogP contribution in [0.2, 0.25) is 5.02 Å². The minimum absolute atomic E-state index is 0.104. The Labute approximate surface area is 189 Å². The summed E-state index contributed by atoms with van der Waals surface area (Å²) < 4.78 is 10.6. The molecule has 168 valence electrons. The lowest BCUT2D eigenvalue weighted by molar-refractivity contribution is -0.141. The molecule has 0 fully saturated rings. The normalized spacial score (nSPS) is 11.5. The third kappa shape index (κ3) is 6.62. The van der Waals surface area contributed by atoms with Crippen LogP contribution in [0.5, 0.6) is 11.5 Å². The molecule has 0 heterocycles. The molecule has 0 aliphatic heterocycles. The number of nitrogens with zero attached hydrogens (tertiary/aromatic N) is 1. The maximum atomic E-state index is 13.3. The number of halogens is 1. The molecule has 2 aromatic carbocycles. The molecule has 2 aromatic rings. The van der Waals surface area contributed by atoms with Crippen LogP contribution in [0.3, 0.4) is 0 Å². The summed E-state index contributed by atoms with van der Waals surface area (Å²) in [5, 5.41) is 3.41. The smallest absolute Gasteiger partial charge is 0.242 e. The highest BCUT2D eigenvalue weighted by molar-refractivity contribution is 6.31. The summed E-state index contributed by atoms with van der Waals surface area (Å²) in [5.41, 5.74) is 1.76. The van der Waals surface area contributed by atoms with Crippen LogP contribution in [0.25, 0.3) is 0 Å². The molecule has 31 heavy (non-hydrogen) atoms. The molecule has 6 nitrogen and oxygen atoms in total. The highest BCUT2D eigenvalue weighted by Crippen LogP contribution is 2.28. The lowest BCUT2D eigenvalue weighted by atomic mass is 10.1. The van der Waals surface area contributed by atoms with E-state index in [0.29, 0.717) is 35.9 Å². The number of methoxy groups -OCH3 is 2. The third-order valence-electron chi connectivity index (χ3n) is 5.11. The molecule has 0 saturated heterocycles. The fourth-order valence-corrected chi connectivity index (χ4v) is 3.65. The molecule has 0 bridgehead atoms. The fourth-order valence-electron chi connectivity index (χ4n) is 3.45. The second-order valence-electron chi connectivity index (χ2n) is 7.12. The summed E-state index contributed by atoms with van der Waals surface area (Å²) in [6.45, 7) is 4.55. The van der Waals surface area contributed by atoms with Crippen molar-refractivity contribution in [2.45, 2.75) is 45.7 Å². The molecule has 0 radical (unpaired) electrons. The Kier molecular flexibility index (Phi) is 9.66. The van der Waals surface area contributed by atoms with Crippen LogP contribution >= 0.6 is 11.6 Å². The van der Waals surface area contributed by atoms with Crippen molar-refractivity contribution in [2.24, 2.45) is 0 Å². The van der Waals surface area contributed by atoms with E-state index in [9.17, 15) is 9.59 Å². The monoisotopic (exact) mass is 446 g/mol. The number of nitrogens with one attached hydrogen (secondary N) is 1. The zero-order valence-corrected chi connectivity index (χ0v) is 19.4. The van der Waals surface area contributed by atoms with E-state index >= 15 is 0 Å². The van der Waals surface area contributed by atoms with Crippen molar-refractivity contribution in [2.75, 3.05) is 20.8 Å². The number of carbonyl (C=O) groups is 2. The molecular weight excluding hydrogens is 416 g/mol. The van der Waals surface area contributed by atoms with Crippen molar-refractivity contribution < 1.29 is 19.1 Å². The highest BCUT2D eigenvalue weighted by Gasteiger charge is 2.28. The van der Waals surface area contributed by atoms with Gasteiger partial charge in [0.1, 0.15) is 6.04 Å². The number of ether oxygens (including phenoxy) is 2. The molecule has 1 unspecified atom stereocenters. The van der Waals surface area contributed by atoms with Gasteiger partial charge in [0.15, 0.2) is 11.5 Å². The van der Waals surface area contributed by atoms with E-state index in [1.165, 1.54) is 0 Å². The van der Waals surface area contributed by atoms with Gasteiger partial charge in [0.25, 0.3) is 0 Å². The number of carbonyl (C=O) groups excluding carboxylic acids is 2. The first kappa shape index (κ1) is 24.5. The van der Waals surface area contributed by atoms with Crippen molar-refractivity contribution in [3.8, 4) is 11.5 Å². The number of amides is 2. The summed E-state index contributed by atoms with van der Waals surface area (Å²) in [6, 6.07) is 12.4. The topological polar surface area (TPSA) is 67.9 Å². The van der Waals surface area contributed by atoms with Gasteiger partial charge in [-0.3, -0.25) is 9.59 Å². The maximum absolute atomic E-state index is 13.3. The van der Waals surface area contributed by atoms with Crippen LogP contribution in [0, 0.1) is 0 Å². The largest absolute Gasteiger partial charge is 0.493 e. The number of likely N-dealkylation sites (N-methyl/N-ethyl adjacent to an activating group) is 1. The lowest BCUT2D eigenvalue weighted by Gasteiger charge is -2.31. The van der Waals surface area contributed by atoms with E-state index in [2.05, 4.69) is 5.32 Å². The molecule has 0 aliphatic carbocycles. The maximum Gasteiger partial charge on any atom is 0.242 e. The number of benzene rings is 2.